The van der Waals surface area contributed by atoms with Gasteiger partial charge in [0.05, 0.1) is 5.92 Å². The number of hydrogen-bond acceptors (Lipinski definition) is 5. The molecule has 0 N–H and O–H groups in total. The van der Waals surface area contributed by atoms with Gasteiger partial charge in [-0.3, -0.25) is 9.59 Å². The molecule has 102 valence electrons. The average molecular weight is 264 g/mol. The summed E-state index contributed by atoms with van der Waals surface area (Å²) in [6, 6.07) is 0. The summed E-state index contributed by atoms with van der Waals surface area (Å²) in [4.78, 5) is 31.5. The topological polar surface area (TPSA) is 79.5 Å². The van der Waals surface area contributed by atoms with Crippen LogP contribution in [0.15, 0.2) is 4.52 Å². The van der Waals surface area contributed by atoms with Crippen molar-refractivity contribution < 1.29 is 14.1 Å². The fourth-order valence-corrected chi connectivity index (χ4v) is 2.92. The van der Waals surface area contributed by atoms with Crippen molar-refractivity contribution in [3.63, 3.8) is 0 Å². The summed E-state index contributed by atoms with van der Waals surface area (Å²) < 4.78 is 4.94. The van der Waals surface area contributed by atoms with E-state index in [1.54, 1.807) is 16.7 Å². The number of carbonyl (C=O) groups is 2. The molecular weight excluding hydrogens is 248 g/mol. The third kappa shape index (κ3) is 2.09. The lowest BCUT2D eigenvalue weighted by molar-refractivity contribution is -0.132. The van der Waals surface area contributed by atoms with E-state index in [2.05, 4.69) is 10.1 Å². The van der Waals surface area contributed by atoms with E-state index >= 15 is 0 Å². The zero-order chi connectivity index (χ0) is 13.6. The molecule has 7 nitrogen and oxygen atoms in total. The maximum atomic E-state index is 12.1. The molecule has 2 saturated heterocycles. The second kappa shape index (κ2) is 4.32. The van der Waals surface area contributed by atoms with E-state index in [-0.39, 0.29) is 30.1 Å². The molecule has 0 bridgehead atoms. The molecule has 1 aromatic rings. The maximum absolute atomic E-state index is 12.1. The number of amides is 2. The summed E-state index contributed by atoms with van der Waals surface area (Å²) in [6.07, 6.45) is 0.115. The van der Waals surface area contributed by atoms with Crippen LogP contribution in [-0.4, -0.2) is 58.4 Å². The Hall–Kier alpha value is -1.92. The second-order valence-corrected chi connectivity index (χ2v) is 5.30. The van der Waals surface area contributed by atoms with Crippen molar-refractivity contribution in [1.82, 2.24) is 19.9 Å². The largest absolute Gasteiger partial charge is 0.345 e. The summed E-state index contributed by atoms with van der Waals surface area (Å²) in [5, 5.41) is 3.66. The smallest absolute Gasteiger partial charge is 0.236 e. The van der Waals surface area contributed by atoms with Gasteiger partial charge in [0.15, 0.2) is 5.82 Å². The Bertz CT molecular complexity index is 527. The molecule has 0 unspecified atom stereocenters. The summed E-state index contributed by atoms with van der Waals surface area (Å²) in [6.45, 7) is 3.62. The molecular formula is C12H16N4O3. The van der Waals surface area contributed by atoms with E-state index in [0.29, 0.717) is 24.8 Å². The van der Waals surface area contributed by atoms with Crippen LogP contribution in [0.4, 0.5) is 0 Å². The number of hydrogen-bond donors (Lipinski definition) is 0. The molecule has 0 saturated carbocycles. The number of aromatic nitrogens is 2. The van der Waals surface area contributed by atoms with Gasteiger partial charge in [-0.05, 0) is 6.92 Å². The lowest BCUT2D eigenvalue weighted by Gasteiger charge is -2.18. The molecule has 19 heavy (non-hydrogen) atoms. The molecule has 2 atom stereocenters. The van der Waals surface area contributed by atoms with E-state index in [0.717, 1.165) is 6.54 Å². The molecule has 0 spiro atoms. The molecule has 2 amide bonds. The van der Waals surface area contributed by atoms with Crippen molar-refractivity contribution in [3.8, 4) is 0 Å². The highest BCUT2D eigenvalue weighted by Gasteiger charge is 2.46. The molecule has 0 aliphatic carbocycles. The molecule has 0 aromatic carbocycles. The number of fused-ring (bicyclic) bond motifs is 1. The Morgan fingerprint density at radius 1 is 1.42 bits per heavy atom. The SMILES string of the molecule is Cc1noc(CC(=O)N2C[C@H]3CN(C)C(=O)[C@H]3C2)n1. The highest BCUT2D eigenvalue weighted by Crippen LogP contribution is 2.31. The Morgan fingerprint density at radius 2 is 2.21 bits per heavy atom. The highest BCUT2D eigenvalue weighted by atomic mass is 16.5. The summed E-state index contributed by atoms with van der Waals surface area (Å²) in [5.41, 5.74) is 0. The third-order valence-corrected chi connectivity index (χ3v) is 3.87. The minimum Gasteiger partial charge on any atom is -0.345 e. The van der Waals surface area contributed by atoms with Gasteiger partial charge in [-0.15, -0.1) is 0 Å². The Kier molecular flexibility index (Phi) is 2.76. The van der Waals surface area contributed by atoms with Gasteiger partial charge in [0.2, 0.25) is 17.7 Å². The first-order valence-corrected chi connectivity index (χ1v) is 6.36. The van der Waals surface area contributed by atoms with Crippen LogP contribution in [0.5, 0.6) is 0 Å². The molecule has 7 heteroatoms. The zero-order valence-electron chi connectivity index (χ0n) is 11.0. The van der Waals surface area contributed by atoms with E-state index in [4.69, 9.17) is 4.52 Å². The van der Waals surface area contributed by atoms with E-state index in [9.17, 15) is 9.59 Å². The van der Waals surface area contributed by atoms with E-state index < -0.39 is 0 Å². The van der Waals surface area contributed by atoms with Gasteiger partial charge in [-0.25, -0.2) is 0 Å². The minimum atomic E-state index is -0.0477. The molecule has 2 fully saturated rings. The standard InChI is InChI=1S/C12H16N4O3/c1-7-13-10(19-14-7)3-11(17)16-5-8-4-15(2)12(18)9(8)6-16/h8-9H,3-6H2,1-2H3/t8-,9+/m1/s1. The van der Waals surface area contributed by atoms with Crippen molar-refractivity contribution in [2.24, 2.45) is 11.8 Å². The van der Waals surface area contributed by atoms with Gasteiger partial charge >= 0.3 is 0 Å². The van der Waals surface area contributed by atoms with E-state index in [1.807, 2.05) is 7.05 Å². The van der Waals surface area contributed by atoms with Crippen LogP contribution in [0, 0.1) is 18.8 Å². The van der Waals surface area contributed by atoms with Crippen LogP contribution in [0.2, 0.25) is 0 Å². The zero-order valence-corrected chi connectivity index (χ0v) is 11.0. The number of nitrogens with zero attached hydrogens (tertiary/aromatic N) is 4. The minimum absolute atomic E-state index is 0.0293. The van der Waals surface area contributed by atoms with Crippen molar-refractivity contribution in [2.45, 2.75) is 13.3 Å². The maximum Gasteiger partial charge on any atom is 0.236 e. The number of likely N-dealkylation sites (tertiary alicyclic amines) is 2. The van der Waals surface area contributed by atoms with Crippen molar-refractivity contribution in [3.05, 3.63) is 11.7 Å². The lowest BCUT2D eigenvalue weighted by Crippen LogP contribution is -2.35. The molecule has 2 aliphatic heterocycles. The van der Waals surface area contributed by atoms with Crippen LogP contribution < -0.4 is 0 Å². The number of aryl methyl sites for hydroxylation is 1. The summed E-state index contributed by atoms with van der Waals surface area (Å²) in [7, 11) is 1.81. The first-order chi connectivity index (χ1) is 9.04. The van der Waals surface area contributed by atoms with Crippen molar-refractivity contribution in [1.29, 1.82) is 0 Å². The third-order valence-electron chi connectivity index (χ3n) is 3.87. The Balaban J connectivity index is 1.63. The molecule has 2 aliphatic rings. The fraction of sp³-hybridized carbons (Fsp3) is 0.667. The van der Waals surface area contributed by atoms with Crippen LogP contribution in [0.25, 0.3) is 0 Å². The lowest BCUT2D eigenvalue weighted by atomic mass is 10.0. The Morgan fingerprint density at radius 3 is 2.84 bits per heavy atom. The van der Waals surface area contributed by atoms with Crippen LogP contribution in [0.1, 0.15) is 11.7 Å². The quantitative estimate of drug-likeness (QED) is 0.717. The Labute approximate surface area is 110 Å². The first kappa shape index (κ1) is 12.1. The van der Waals surface area contributed by atoms with Crippen molar-refractivity contribution in [2.75, 3.05) is 26.7 Å². The van der Waals surface area contributed by atoms with Gasteiger partial charge in [0.1, 0.15) is 6.42 Å². The highest BCUT2D eigenvalue weighted by molar-refractivity contribution is 5.84. The van der Waals surface area contributed by atoms with Crippen LogP contribution in [0.3, 0.4) is 0 Å². The van der Waals surface area contributed by atoms with Gasteiger partial charge in [-0.2, -0.15) is 4.98 Å². The van der Waals surface area contributed by atoms with Gasteiger partial charge in [0, 0.05) is 32.6 Å². The van der Waals surface area contributed by atoms with Gasteiger partial charge in [0.25, 0.3) is 0 Å². The fourth-order valence-electron chi connectivity index (χ4n) is 2.92. The van der Waals surface area contributed by atoms with Crippen LogP contribution in [-0.2, 0) is 16.0 Å². The number of carbonyl (C=O) groups excluding carboxylic acids is 2. The van der Waals surface area contributed by atoms with Crippen molar-refractivity contribution >= 4 is 11.8 Å². The second-order valence-electron chi connectivity index (χ2n) is 5.30. The molecule has 3 rings (SSSR count). The predicted octanol–water partition coefficient (Wildman–Crippen LogP) is -0.533. The molecule has 0 radical (unpaired) electrons. The number of rotatable bonds is 2. The summed E-state index contributed by atoms with van der Waals surface area (Å²) >= 11 is 0. The normalized spacial score (nSPS) is 26.1. The predicted molar refractivity (Wildman–Crippen MR) is 63.9 cm³/mol. The summed E-state index contributed by atoms with van der Waals surface area (Å²) in [5.74, 6) is 1.20. The van der Waals surface area contributed by atoms with E-state index in [1.165, 1.54) is 0 Å². The van der Waals surface area contributed by atoms with Crippen LogP contribution >= 0.6 is 0 Å². The molecule has 1 aromatic heterocycles. The van der Waals surface area contributed by atoms with Gasteiger partial charge in [-0.1, -0.05) is 5.16 Å². The first-order valence-electron chi connectivity index (χ1n) is 6.36. The monoisotopic (exact) mass is 264 g/mol. The molecule has 3 heterocycles. The van der Waals surface area contributed by atoms with Gasteiger partial charge < -0.3 is 14.3 Å². The average Bonchev–Trinajstić information content (AvgIpc) is 3.00.